The van der Waals surface area contributed by atoms with E-state index in [1.54, 1.807) is 0 Å². The van der Waals surface area contributed by atoms with Gasteiger partial charge >= 0.3 is 0 Å². The molecule has 0 radical (unpaired) electrons. The number of rotatable bonds is 25. The summed E-state index contributed by atoms with van der Waals surface area (Å²) in [5, 5.41) is 2.50. The molecule has 0 fully saturated rings. The van der Waals surface area contributed by atoms with Crippen LogP contribution in [0.15, 0.2) is 73.5 Å². The molecule has 0 aromatic heterocycles. The quantitative estimate of drug-likeness (QED) is 0.0982. The molecule has 0 saturated carbocycles. The summed E-state index contributed by atoms with van der Waals surface area (Å²) in [6, 6.07) is 21.3. The van der Waals surface area contributed by atoms with E-state index in [4.69, 9.17) is 37.6 Å². The van der Waals surface area contributed by atoms with Crippen molar-refractivity contribution < 1.29 is 37.6 Å². The van der Waals surface area contributed by atoms with Crippen molar-refractivity contribution in [2.45, 2.75) is 25.8 Å². The van der Waals surface area contributed by atoms with Crippen LogP contribution in [-0.2, 0) is 37.6 Å². The molecule has 9 heteroatoms. The van der Waals surface area contributed by atoms with E-state index in [1.165, 1.54) is 16.6 Å². The summed E-state index contributed by atoms with van der Waals surface area (Å²) in [6.07, 6.45) is 1.40. The summed E-state index contributed by atoms with van der Waals surface area (Å²) in [7, 11) is -2.52. The summed E-state index contributed by atoms with van der Waals surface area (Å²) in [5.74, 6) is 0. The van der Waals surface area contributed by atoms with Gasteiger partial charge in [0, 0.05) is 0 Å². The molecule has 0 N–H and O–H groups in total. The third-order valence-electron chi connectivity index (χ3n) is 6.29. The molecular weight excluding hydrogens is 540 g/mol. The minimum Gasteiger partial charge on any atom is -0.499 e. The van der Waals surface area contributed by atoms with Crippen LogP contribution in [0.3, 0.4) is 0 Å². The monoisotopic (exact) mass is 590 g/mol. The molecule has 230 valence electrons. The fraction of sp³-hybridized carbons (Fsp3) is 0.562. The Balaban J connectivity index is 1.50. The highest BCUT2D eigenvalue weighted by atomic mass is 28.4. The Kier molecular flexibility index (Phi) is 18.5. The second-order valence-electron chi connectivity index (χ2n) is 10.2. The van der Waals surface area contributed by atoms with Crippen molar-refractivity contribution in [3.8, 4) is 0 Å². The van der Waals surface area contributed by atoms with Gasteiger partial charge in [0.1, 0.15) is 6.61 Å². The standard InChI is InChI=1S/C32H50O8Si/c1-5-33-16-17-34-18-19-35-20-21-36-22-23-37-24-25-38-26-27-39-28-29-40-41(32(2,3)4,30-12-8-6-9-13-30)31-14-10-7-11-15-31/h5-15H,1,16-29H2,2-4H3. The SMILES string of the molecule is C=COCCOCCOCCOCCOCCOCCOCCO[Si](c1ccccc1)(c1ccccc1)C(C)(C)C. The Bertz CT molecular complexity index is 852. The second kappa shape index (κ2) is 21.6. The molecular formula is C32H50O8Si. The predicted molar refractivity (Wildman–Crippen MR) is 165 cm³/mol. The van der Waals surface area contributed by atoms with Gasteiger partial charge in [-0.25, -0.2) is 0 Å². The maximum atomic E-state index is 6.83. The van der Waals surface area contributed by atoms with Crippen LogP contribution >= 0.6 is 0 Å². The molecule has 0 amide bonds. The lowest BCUT2D eigenvalue weighted by Gasteiger charge is -2.43. The zero-order valence-electron chi connectivity index (χ0n) is 25.2. The van der Waals surface area contributed by atoms with Gasteiger partial charge in [-0.3, -0.25) is 0 Å². The average Bonchev–Trinajstić information content (AvgIpc) is 2.98. The van der Waals surface area contributed by atoms with Crippen molar-refractivity contribution >= 4 is 18.7 Å². The summed E-state index contributed by atoms with van der Waals surface area (Å²) in [5.41, 5.74) is 0. The van der Waals surface area contributed by atoms with Crippen molar-refractivity contribution in [3.63, 3.8) is 0 Å². The van der Waals surface area contributed by atoms with Crippen molar-refractivity contribution in [2.75, 3.05) is 92.5 Å². The van der Waals surface area contributed by atoms with Crippen LogP contribution in [0.25, 0.3) is 0 Å². The number of benzene rings is 2. The Labute approximate surface area is 248 Å². The summed E-state index contributed by atoms with van der Waals surface area (Å²) in [6.45, 7) is 17.6. The third kappa shape index (κ3) is 13.6. The van der Waals surface area contributed by atoms with Crippen LogP contribution in [0.4, 0.5) is 0 Å². The van der Waals surface area contributed by atoms with E-state index in [-0.39, 0.29) is 5.04 Å². The summed E-state index contributed by atoms with van der Waals surface area (Å²) < 4.78 is 45.0. The lowest BCUT2D eigenvalue weighted by molar-refractivity contribution is -0.0194. The maximum absolute atomic E-state index is 6.83. The van der Waals surface area contributed by atoms with E-state index in [2.05, 4.69) is 88.0 Å². The van der Waals surface area contributed by atoms with Gasteiger partial charge in [-0.1, -0.05) is 88.0 Å². The minimum absolute atomic E-state index is 0.0471. The lowest BCUT2D eigenvalue weighted by Crippen LogP contribution is -2.66. The third-order valence-corrected chi connectivity index (χ3v) is 11.3. The zero-order valence-corrected chi connectivity index (χ0v) is 26.2. The Morgan fingerprint density at radius 2 is 0.829 bits per heavy atom. The lowest BCUT2D eigenvalue weighted by atomic mass is 10.2. The van der Waals surface area contributed by atoms with Crippen LogP contribution in [0.5, 0.6) is 0 Å². The van der Waals surface area contributed by atoms with Crippen molar-refractivity contribution in [2.24, 2.45) is 0 Å². The topological polar surface area (TPSA) is 73.8 Å². The molecule has 2 aromatic rings. The van der Waals surface area contributed by atoms with E-state index < -0.39 is 8.32 Å². The fourth-order valence-corrected chi connectivity index (χ4v) is 8.95. The molecule has 41 heavy (non-hydrogen) atoms. The van der Waals surface area contributed by atoms with Gasteiger partial charge in [0.15, 0.2) is 0 Å². The highest BCUT2D eigenvalue weighted by Gasteiger charge is 2.49. The fourth-order valence-electron chi connectivity index (χ4n) is 4.41. The number of hydrogen-bond acceptors (Lipinski definition) is 8. The van der Waals surface area contributed by atoms with Crippen molar-refractivity contribution in [3.05, 3.63) is 73.5 Å². The van der Waals surface area contributed by atoms with Crippen molar-refractivity contribution in [1.82, 2.24) is 0 Å². The molecule has 2 rings (SSSR count). The Hall–Kier alpha value is -2.08. The molecule has 0 aliphatic carbocycles. The van der Waals surface area contributed by atoms with Gasteiger partial charge in [-0.05, 0) is 15.4 Å². The van der Waals surface area contributed by atoms with Crippen LogP contribution in [0.1, 0.15) is 20.8 Å². The average molecular weight is 591 g/mol. The largest absolute Gasteiger partial charge is 0.499 e. The highest BCUT2D eigenvalue weighted by molar-refractivity contribution is 6.99. The molecule has 0 heterocycles. The van der Waals surface area contributed by atoms with Crippen LogP contribution in [-0.4, -0.2) is 101 Å². The molecule has 0 spiro atoms. The van der Waals surface area contributed by atoms with E-state index >= 15 is 0 Å². The molecule has 0 aliphatic rings. The van der Waals surface area contributed by atoms with Gasteiger partial charge in [0.2, 0.25) is 0 Å². The first-order valence-corrected chi connectivity index (χ1v) is 16.4. The first-order chi connectivity index (χ1) is 20.0. The number of ether oxygens (including phenoxy) is 7. The molecule has 0 unspecified atom stereocenters. The number of hydrogen-bond donors (Lipinski definition) is 0. The Morgan fingerprint density at radius 1 is 0.512 bits per heavy atom. The van der Waals surface area contributed by atoms with Crippen molar-refractivity contribution in [1.29, 1.82) is 0 Å². The highest BCUT2D eigenvalue weighted by Crippen LogP contribution is 2.36. The van der Waals surface area contributed by atoms with Crippen LogP contribution in [0, 0.1) is 0 Å². The molecule has 0 atom stereocenters. The second-order valence-corrected chi connectivity index (χ2v) is 14.5. The summed E-state index contributed by atoms with van der Waals surface area (Å²) in [4.78, 5) is 0. The van der Waals surface area contributed by atoms with Gasteiger partial charge in [-0.15, -0.1) is 0 Å². The minimum atomic E-state index is -2.52. The van der Waals surface area contributed by atoms with E-state index in [9.17, 15) is 0 Å². The predicted octanol–water partition coefficient (Wildman–Crippen LogP) is 3.82. The van der Waals surface area contributed by atoms with E-state index in [1.807, 2.05) is 0 Å². The first-order valence-electron chi connectivity index (χ1n) is 14.5. The summed E-state index contributed by atoms with van der Waals surface area (Å²) >= 11 is 0. The van der Waals surface area contributed by atoms with Crippen LogP contribution in [0.2, 0.25) is 5.04 Å². The van der Waals surface area contributed by atoms with Gasteiger partial charge in [0.25, 0.3) is 8.32 Å². The van der Waals surface area contributed by atoms with Gasteiger partial charge in [-0.2, -0.15) is 0 Å². The molecule has 8 nitrogen and oxygen atoms in total. The first kappa shape index (κ1) is 35.1. The van der Waals surface area contributed by atoms with E-state index in [0.717, 1.165) is 0 Å². The molecule has 0 aliphatic heterocycles. The molecule has 0 saturated heterocycles. The zero-order chi connectivity index (χ0) is 29.5. The smallest absolute Gasteiger partial charge is 0.261 e. The molecule has 0 bridgehead atoms. The van der Waals surface area contributed by atoms with Gasteiger partial charge < -0.3 is 37.6 Å². The molecule has 2 aromatic carbocycles. The maximum Gasteiger partial charge on any atom is 0.261 e. The van der Waals surface area contributed by atoms with E-state index in [0.29, 0.717) is 92.5 Å². The Morgan fingerprint density at radius 3 is 1.15 bits per heavy atom. The van der Waals surface area contributed by atoms with Gasteiger partial charge in [0.05, 0.1) is 92.2 Å². The normalized spacial score (nSPS) is 12.0. The van der Waals surface area contributed by atoms with Crippen LogP contribution < -0.4 is 10.4 Å².